The van der Waals surface area contributed by atoms with Gasteiger partial charge in [-0.3, -0.25) is 0 Å². The summed E-state index contributed by atoms with van der Waals surface area (Å²) in [6.45, 7) is 4.66. The van der Waals surface area contributed by atoms with Gasteiger partial charge in [-0.25, -0.2) is 15.0 Å². The van der Waals surface area contributed by atoms with Crippen molar-refractivity contribution in [1.29, 1.82) is 0 Å². The molecule has 0 saturated carbocycles. The summed E-state index contributed by atoms with van der Waals surface area (Å²) in [6, 6.07) is 68.0. The molecule has 0 bridgehead atoms. The normalized spacial score (nSPS) is 13.1. The standard InChI is InChI=1S/C56H37N3/c1-56(2)51-17-8-7-15-47(51)50-33-38(26-29-52(50)56)37-21-18-36-12-9-16-48(49(36)32-37)55-58-53(41-24-27-45-39(30-41)22-19-34-10-3-5-13-43(34)45)57-54(59-55)42-25-28-46-40(31-42)23-20-35-11-4-6-14-44(35)46/h3-33H,1-2H3. The van der Waals surface area contributed by atoms with E-state index in [4.69, 9.17) is 15.0 Å². The lowest BCUT2D eigenvalue weighted by Crippen LogP contribution is -2.14. The quantitative estimate of drug-likeness (QED) is 0.168. The predicted octanol–water partition coefficient (Wildman–Crippen LogP) is 14.6. The Morgan fingerprint density at radius 1 is 0.288 bits per heavy atom. The van der Waals surface area contributed by atoms with E-state index in [-0.39, 0.29) is 5.41 Å². The second-order valence-electron chi connectivity index (χ2n) is 16.4. The maximum atomic E-state index is 5.29. The summed E-state index contributed by atoms with van der Waals surface area (Å²) < 4.78 is 0. The zero-order chi connectivity index (χ0) is 39.2. The lowest BCUT2D eigenvalue weighted by Gasteiger charge is -2.21. The minimum Gasteiger partial charge on any atom is -0.208 e. The molecule has 12 rings (SSSR count). The predicted molar refractivity (Wildman–Crippen MR) is 247 cm³/mol. The minimum absolute atomic E-state index is 0.0350. The first-order valence-corrected chi connectivity index (χ1v) is 20.3. The topological polar surface area (TPSA) is 38.7 Å². The van der Waals surface area contributed by atoms with E-state index in [0.29, 0.717) is 17.5 Å². The Balaban J connectivity index is 1.04. The summed E-state index contributed by atoms with van der Waals surface area (Å²) >= 11 is 0. The molecule has 0 spiro atoms. The van der Waals surface area contributed by atoms with Crippen LogP contribution in [0, 0.1) is 0 Å². The summed E-state index contributed by atoms with van der Waals surface area (Å²) in [7, 11) is 0. The second kappa shape index (κ2) is 12.8. The van der Waals surface area contributed by atoms with Crippen molar-refractivity contribution in [3.8, 4) is 56.4 Å². The van der Waals surface area contributed by atoms with Crippen LogP contribution in [0.3, 0.4) is 0 Å². The Bertz CT molecular complexity index is 3410. The molecule has 276 valence electrons. The van der Waals surface area contributed by atoms with Crippen LogP contribution in [0.25, 0.3) is 110 Å². The SMILES string of the molecule is CC1(C)c2ccccc2-c2cc(-c3ccc4cccc(-c5nc(-c6ccc7c(ccc8ccccc87)c6)nc(-c6ccc7c(ccc8ccccc87)c6)n5)c4c3)ccc21. The summed E-state index contributed by atoms with van der Waals surface area (Å²) in [5.74, 6) is 1.94. The Morgan fingerprint density at radius 3 is 1.44 bits per heavy atom. The highest BCUT2D eigenvalue weighted by atomic mass is 15.0. The number of hydrogen-bond donors (Lipinski definition) is 0. The van der Waals surface area contributed by atoms with Crippen LogP contribution in [0.2, 0.25) is 0 Å². The number of rotatable bonds is 4. The van der Waals surface area contributed by atoms with Gasteiger partial charge in [0.1, 0.15) is 0 Å². The molecular weight excluding hydrogens is 715 g/mol. The van der Waals surface area contributed by atoms with E-state index in [0.717, 1.165) is 43.8 Å². The van der Waals surface area contributed by atoms with Crippen molar-refractivity contribution in [3.05, 3.63) is 199 Å². The summed E-state index contributed by atoms with van der Waals surface area (Å²) in [4.78, 5) is 15.8. The van der Waals surface area contributed by atoms with E-state index in [1.54, 1.807) is 0 Å². The van der Waals surface area contributed by atoms with E-state index in [1.165, 1.54) is 60.1 Å². The van der Waals surface area contributed by atoms with Crippen LogP contribution in [0.1, 0.15) is 25.0 Å². The van der Waals surface area contributed by atoms with Crippen LogP contribution in [-0.2, 0) is 5.41 Å². The average molecular weight is 752 g/mol. The highest BCUT2D eigenvalue weighted by molar-refractivity contribution is 6.09. The maximum absolute atomic E-state index is 5.29. The molecular formula is C56H37N3. The van der Waals surface area contributed by atoms with Gasteiger partial charge in [0.15, 0.2) is 17.5 Å². The van der Waals surface area contributed by atoms with Gasteiger partial charge in [-0.1, -0.05) is 178 Å². The average Bonchev–Trinajstić information content (AvgIpc) is 3.53. The molecule has 0 aliphatic heterocycles. The van der Waals surface area contributed by atoms with E-state index < -0.39 is 0 Å². The molecule has 1 heterocycles. The van der Waals surface area contributed by atoms with Crippen LogP contribution in [0.4, 0.5) is 0 Å². The first-order valence-electron chi connectivity index (χ1n) is 20.3. The molecule has 0 saturated heterocycles. The summed E-state index contributed by atoms with van der Waals surface area (Å²) in [6.07, 6.45) is 0. The van der Waals surface area contributed by atoms with Gasteiger partial charge in [0.25, 0.3) is 0 Å². The fourth-order valence-corrected chi connectivity index (χ4v) is 9.61. The van der Waals surface area contributed by atoms with Crippen molar-refractivity contribution >= 4 is 53.9 Å². The summed E-state index contributed by atoms with van der Waals surface area (Å²) in [5.41, 5.74) is 10.6. The van der Waals surface area contributed by atoms with Crippen LogP contribution in [0.5, 0.6) is 0 Å². The van der Waals surface area contributed by atoms with E-state index in [1.807, 2.05) is 0 Å². The van der Waals surface area contributed by atoms with Gasteiger partial charge in [-0.05, 0) is 112 Å². The van der Waals surface area contributed by atoms with Crippen molar-refractivity contribution < 1.29 is 0 Å². The molecule has 1 aliphatic carbocycles. The highest BCUT2D eigenvalue weighted by Gasteiger charge is 2.35. The first kappa shape index (κ1) is 33.6. The van der Waals surface area contributed by atoms with E-state index in [9.17, 15) is 0 Å². The van der Waals surface area contributed by atoms with Crippen LogP contribution >= 0.6 is 0 Å². The molecule has 0 radical (unpaired) electrons. The molecule has 10 aromatic carbocycles. The Morgan fingerprint density at radius 2 is 0.746 bits per heavy atom. The second-order valence-corrected chi connectivity index (χ2v) is 16.4. The Hall–Kier alpha value is -7.49. The number of fused-ring (bicyclic) bond motifs is 10. The van der Waals surface area contributed by atoms with Gasteiger partial charge < -0.3 is 0 Å². The third-order valence-electron chi connectivity index (χ3n) is 12.7. The highest BCUT2D eigenvalue weighted by Crippen LogP contribution is 2.49. The van der Waals surface area contributed by atoms with Crippen molar-refractivity contribution in [1.82, 2.24) is 15.0 Å². The Labute approximate surface area is 342 Å². The number of nitrogens with zero attached hydrogens (tertiary/aromatic N) is 3. The van der Waals surface area contributed by atoms with Crippen molar-refractivity contribution in [2.45, 2.75) is 19.3 Å². The number of hydrogen-bond acceptors (Lipinski definition) is 3. The van der Waals surface area contributed by atoms with Crippen molar-refractivity contribution in [3.63, 3.8) is 0 Å². The molecule has 1 aromatic heterocycles. The van der Waals surface area contributed by atoms with E-state index in [2.05, 4.69) is 202 Å². The zero-order valence-electron chi connectivity index (χ0n) is 32.7. The largest absolute Gasteiger partial charge is 0.208 e. The maximum Gasteiger partial charge on any atom is 0.164 e. The van der Waals surface area contributed by atoms with Crippen LogP contribution < -0.4 is 0 Å². The molecule has 0 atom stereocenters. The molecule has 0 fully saturated rings. The molecule has 0 amide bonds. The lowest BCUT2D eigenvalue weighted by atomic mass is 9.82. The molecule has 59 heavy (non-hydrogen) atoms. The lowest BCUT2D eigenvalue weighted by molar-refractivity contribution is 0.660. The van der Waals surface area contributed by atoms with Gasteiger partial charge in [0, 0.05) is 22.1 Å². The smallest absolute Gasteiger partial charge is 0.164 e. The van der Waals surface area contributed by atoms with Gasteiger partial charge >= 0.3 is 0 Å². The fourth-order valence-electron chi connectivity index (χ4n) is 9.61. The number of aromatic nitrogens is 3. The van der Waals surface area contributed by atoms with E-state index >= 15 is 0 Å². The van der Waals surface area contributed by atoms with Crippen LogP contribution in [0.15, 0.2) is 188 Å². The molecule has 0 unspecified atom stereocenters. The minimum atomic E-state index is -0.0350. The van der Waals surface area contributed by atoms with Crippen molar-refractivity contribution in [2.24, 2.45) is 0 Å². The summed E-state index contributed by atoms with van der Waals surface area (Å²) in [5, 5.41) is 11.9. The zero-order valence-corrected chi connectivity index (χ0v) is 32.7. The molecule has 0 N–H and O–H groups in total. The molecule has 1 aliphatic rings. The monoisotopic (exact) mass is 751 g/mol. The third kappa shape index (κ3) is 5.32. The number of benzene rings is 10. The first-order chi connectivity index (χ1) is 29.0. The Kier molecular flexibility index (Phi) is 7.27. The van der Waals surface area contributed by atoms with Gasteiger partial charge in [-0.2, -0.15) is 0 Å². The van der Waals surface area contributed by atoms with Crippen LogP contribution in [-0.4, -0.2) is 15.0 Å². The van der Waals surface area contributed by atoms with Gasteiger partial charge in [-0.15, -0.1) is 0 Å². The van der Waals surface area contributed by atoms with Crippen molar-refractivity contribution in [2.75, 3.05) is 0 Å². The fraction of sp³-hybridized carbons (Fsp3) is 0.0536. The van der Waals surface area contributed by atoms with Gasteiger partial charge in [0.05, 0.1) is 0 Å². The molecule has 11 aromatic rings. The molecule has 3 heteroatoms. The molecule has 3 nitrogen and oxygen atoms in total. The third-order valence-corrected chi connectivity index (χ3v) is 12.7. The van der Waals surface area contributed by atoms with Gasteiger partial charge in [0.2, 0.25) is 0 Å².